The van der Waals surface area contributed by atoms with Crippen molar-refractivity contribution in [2.24, 2.45) is 0 Å². The third kappa shape index (κ3) is 4.74. The van der Waals surface area contributed by atoms with E-state index >= 15 is 0 Å². The highest BCUT2D eigenvalue weighted by atomic mass is 35.5. The summed E-state index contributed by atoms with van der Waals surface area (Å²) in [7, 11) is 0. The molecule has 2 rings (SSSR count). The lowest BCUT2D eigenvalue weighted by atomic mass is 9.92. The zero-order chi connectivity index (χ0) is 17.7. The van der Waals surface area contributed by atoms with Gasteiger partial charge in [0, 0.05) is 10.7 Å². The lowest BCUT2D eigenvalue weighted by Crippen LogP contribution is -2.27. The van der Waals surface area contributed by atoms with Gasteiger partial charge in [-0.25, -0.2) is 4.79 Å². The monoisotopic (exact) mass is 342 g/mol. The highest BCUT2D eigenvalue weighted by molar-refractivity contribution is 6.31. The molecule has 0 fully saturated rings. The van der Waals surface area contributed by atoms with Crippen LogP contribution in [-0.2, 0) is 4.74 Å². The fourth-order valence-corrected chi connectivity index (χ4v) is 2.52. The molecule has 5 heteroatoms. The highest BCUT2D eigenvalue weighted by Gasteiger charge is 2.19. The first-order chi connectivity index (χ1) is 11.3. The van der Waals surface area contributed by atoms with Crippen molar-refractivity contribution < 1.29 is 9.53 Å². The molecular formula is C19H19ClN2O2. The molecule has 0 aliphatic rings. The van der Waals surface area contributed by atoms with Crippen LogP contribution in [0.25, 0.3) is 0 Å². The number of hydrogen-bond donors (Lipinski definition) is 1. The number of carbonyl (C=O) groups is 1. The van der Waals surface area contributed by atoms with Crippen LogP contribution in [0.15, 0.2) is 48.5 Å². The van der Waals surface area contributed by atoms with E-state index in [1.807, 2.05) is 30.3 Å². The van der Waals surface area contributed by atoms with Crippen molar-refractivity contribution in [1.82, 2.24) is 0 Å². The number of anilines is 1. The zero-order valence-corrected chi connectivity index (χ0v) is 14.6. The quantitative estimate of drug-likeness (QED) is 0.818. The van der Waals surface area contributed by atoms with E-state index < -0.39 is 17.6 Å². The Bertz CT molecular complexity index is 761. The molecule has 1 atom stereocenters. The van der Waals surface area contributed by atoms with Crippen LogP contribution in [0, 0.1) is 11.3 Å². The zero-order valence-electron chi connectivity index (χ0n) is 13.8. The van der Waals surface area contributed by atoms with Crippen LogP contribution in [0.1, 0.15) is 37.8 Å². The second-order valence-corrected chi connectivity index (χ2v) is 6.74. The van der Waals surface area contributed by atoms with Crippen molar-refractivity contribution in [1.29, 1.82) is 5.26 Å². The summed E-state index contributed by atoms with van der Waals surface area (Å²) < 4.78 is 5.20. The van der Waals surface area contributed by atoms with Crippen molar-refractivity contribution in [2.45, 2.75) is 32.3 Å². The standard InChI is InChI=1S/C19H19ClN2O2/c1-19(2,3)24-18(23)22-14-9-10-15(17(20)11-14)16(12-21)13-7-5-4-6-8-13/h4-11,16H,1-3H3,(H,22,23). The fraction of sp³-hybridized carbons (Fsp3) is 0.263. The highest BCUT2D eigenvalue weighted by Crippen LogP contribution is 2.31. The van der Waals surface area contributed by atoms with Gasteiger partial charge >= 0.3 is 6.09 Å². The average Bonchev–Trinajstić information content (AvgIpc) is 2.49. The van der Waals surface area contributed by atoms with Crippen molar-refractivity contribution in [3.8, 4) is 6.07 Å². The van der Waals surface area contributed by atoms with E-state index in [-0.39, 0.29) is 0 Å². The van der Waals surface area contributed by atoms with Crippen LogP contribution in [0.4, 0.5) is 10.5 Å². The van der Waals surface area contributed by atoms with Gasteiger partial charge in [0.25, 0.3) is 0 Å². The summed E-state index contributed by atoms with van der Waals surface area (Å²) >= 11 is 6.33. The Morgan fingerprint density at radius 3 is 2.42 bits per heavy atom. The summed E-state index contributed by atoms with van der Waals surface area (Å²) in [6.45, 7) is 5.38. The third-order valence-corrected chi connectivity index (χ3v) is 3.55. The molecule has 0 heterocycles. The maximum atomic E-state index is 11.8. The minimum Gasteiger partial charge on any atom is -0.444 e. The molecule has 0 bridgehead atoms. The second-order valence-electron chi connectivity index (χ2n) is 6.34. The van der Waals surface area contributed by atoms with E-state index in [0.717, 1.165) is 5.56 Å². The van der Waals surface area contributed by atoms with E-state index in [1.165, 1.54) is 0 Å². The Morgan fingerprint density at radius 1 is 1.21 bits per heavy atom. The molecule has 0 saturated heterocycles. The van der Waals surface area contributed by atoms with E-state index in [1.54, 1.807) is 39.0 Å². The molecule has 2 aromatic rings. The molecule has 0 aliphatic heterocycles. The molecule has 2 aromatic carbocycles. The summed E-state index contributed by atoms with van der Waals surface area (Å²) in [5.74, 6) is -0.464. The van der Waals surface area contributed by atoms with Gasteiger partial charge in [0.05, 0.1) is 12.0 Å². The van der Waals surface area contributed by atoms with E-state index in [4.69, 9.17) is 16.3 Å². The number of hydrogen-bond acceptors (Lipinski definition) is 3. The van der Waals surface area contributed by atoms with Crippen molar-refractivity contribution in [2.75, 3.05) is 5.32 Å². The third-order valence-electron chi connectivity index (χ3n) is 3.22. The summed E-state index contributed by atoms with van der Waals surface area (Å²) in [5, 5.41) is 12.6. The van der Waals surface area contributed by atoms with Gasteiger partial charge in [0.15, 0.2) is 0 Å². The summed E-state index contributed by atoms with van der Waals surface area (Å²) in [5.41, 5.74) is 1.50. The Labute approximate surface area is 147 Å². The van der Waals surface area contributed by atoms with Gasteiger partial charge in [-0.15, -0.1) is 0 Å². The normalized spacial score (nSPS) is 12.1. The summed E-state index contributed by atoms with van der Waals surface area (Å²) in [6, 6.07) is 16.8. The van der Waals surface area contributed by atoms with Crippen molar-refractivity contribution in [3.05, 3.63) is 64.7 Å². The summed E-state index contributed by atoms with van der Waals surface area (Å²) in [6.07, 6.45) is -0.550. The number of amides is 1. The largest absolute Gasteiger partial charge is 0.444 e. The Kier molecular flexibility index (Phi) is 5.48. The number of carbonyl (C=O) groups excluding carboxylic acids is 1. The molecule has 0 saturated carbocycles. The van der Waals surface area contributed by atoms with Crippen molar-refractivity contribution >= 4 is 23.4 Å². The van der Waals surface area contributed by atoms with Crippen LogP contribution < -0.4 is 5.32 Å². The number of nitrogens with zero attached hydrogens (tertiary/aromatic N) is 1. The Hall–Kier alpha value is -2.51. The van der Waals surface area contributed by atoms with Crippen LogP contribution in [0.3, 0.4) is 0 Å². The second kappa shape index (κ2) is 7.37. The van der Waals surface area contributed by atoms with Gasteiger partial charge in [-0.2, -0.15) is 5.26 Å². The SMILES string of the molecule is CC(C)(C)OC(=O)Nc1ccc(C(C#N)c2ccccc2)c(Cl)c1. The molecule has 0 aromatic heterocycles. The molecule has 1 amide bonds. The number of nitriles is 1. The van der Waals surface area contributed by atoms with Gasteiger partial charge in [0.1, 0.15) is 5.60 Å². The average molecular weight is 343 g/mol. The first kappa shape index (κ1) is 17.8. The minimum atomic E-state index is -0.576. The Balaban J connectivity index is 2.21. The van der Waals surface area contributed by atoms with Crippen LogP contribution >= 0.6 is 11.6 Å². The number of ether oxygens (including phenoxy) is 1. The number of halogens is 1. The first-order valence-corrected chi connectivity index (χ1v) is 7.92. The molecule has 24 heavy (non-hydrogen) atoms. The number of nitrogens with one attached hydrogen (secondary N) is 1. The lowest BCUT2D eigenvalue weighted by molar-refractivity contribution is 0.0636. The van der Waals surface area contributed by atoms with Gasteiger partial charge in [-0.1, -0.05) is 48.0 Å². The number of rotatable bonds is 3. The molecule has 1 unspecified atom stereocenters. The van der Waals surface area contributed by atoms with E-state index in [9.17, 15) is 10.1 Å². The van der Waals surface area contributed by atoms with Crippen LogP contribution in [-0.4, -0.2) is 11.7 Å². The predicted octanol–water partition coefficient (Wildman–Crippen LogP) is 5.34. The molecule has 124 valence electrons. The van der Waals surface area contributed by atoms with Crippen LogP contribution in [0.5, 0.6) is 0 Å². The Morgan fingerprint density at radius 2 is 1.88 bits per heavy atom. The lowest BCUT2D eigenvalue weighted by Gasteiger charge is -2.20. The molecule has 0 spiro atoms. The van der Waals surface area contributed by atoms with Crippen LogP contribution in [0.2, 0.25) is 5.02 Å². The van der Waals surface area contributed by atoms with Crippen molar-refractivity contribution in [3.63, 3.8) is 0 Å². The van der Waals surface area contributed by atoms with E-state index in [2.05, 4.69) is 11.4 Å². The maximum Gasteiger partial charge on any atom is 0.412 e. The minimum absolute atomic E-state index is 0.416. The smallest absolute Gasteiger partial charge is 0.412 e. The first-order valence-electron chi connectivity index (χ1n) is 7.54. The van der Waals surface area contributed by atoms with E-state index in [0.29, 0.717) is 16.3 Å². The predicted molar refractivity (Wildman–Crippen MR) is 95.2 cm³/mol. The molecule has 0 radical (unpaired) electrons. The molecule has 0 aliphatic carbocycles. The van der Waals surface area contributed by atoms with Gasteiger partial charge in [-0.3, -0.25) is 5.32 Å². The maximum absolute atomic E-state index is 11.8. The van der Waals surface area contributed by atoms with Gasteiger partial charge < -0.3 is 4.74 Å². The summed E-state index contributed by atoms with van der Waals surface area (Å²) in [4.78, 5) is 11.8. The molecule has 4 nitrogen and oxygen atoms in total. The topological polar surface area (TPSA) is 62.1 Å². The van der Waals surface area contributed by atoms with Gasteiger partial charge in [0.2, 0.25) is 0 Å². The molecule has 1 N–H and O–H groups in total. The molecular weight excluding hydrogens is 324 g/mol. The fourth-order valence-electron chi connectivity index (χ4n) is 2.23. The van der Waals surface area contributed by atoms with Gasteiger partial charge in [-0.05, 0) is 44.0 Å². The number of benzene rings is 2.